The number of anilines is 1. The molecule has 0 aliphatic heterocycles. The Morgan fingerprint density at radius 3 is 2.81 bits per heavy atom. The summed E-state index contributed by atoms with van der Waals surface area (Å²) in [6, 6.07) is 5.28. The van der Waals surface area contributed by atoms with Crippen LogP contribution in [-0.4, -0.2) is 30.2 Å². The number of halogens is 1. The number of sulfonamides is 1. The Labute approximate surface area is 128 Å². The van der Waals surface area contributed by atoms with Crippen molar-refractivity contribution in [1.29, 1.82) is 0 Å². The minimum absolute atomic E-state index is 0.0456. The molecule has 1 N–H and O–H groups in total. The van der Waals surface area contributed by atoms with Crippen molar-refractivity contribution >= 4 is 27.3 Å². The van der Waals surface area contributed by atoms with Gasteiger partial charge in [-0.1, -0.05) is 6.07 Å². The van der Waals surface area contributed by atoms with Crippen molar-refractivity contribution in [3.05, 3.63) is 30.2 Å². The van der Waals surface area contributed by atoms with E-state index < -0.39 is 10.0 Å². The van der Waals surface area contributed by atoms with Gasteiger partial charge in [0.25, 0.3) is 0 Å². The SMILES string of the molecule is Cc1ccc(-c2nnco2)cc1NS(=O)(=O)CCCCCl. The van der Waals surface area contributed by atoms with Crippen LogP contribution in [-0.2, 0) is 10.0 Å². The van der Waals surface area contributed by atoms with Gasteiger partial charge < -0.3 is 4.42 Å². The molecule has 0 unspecified atom stereocenters. The maximum absolute atomic E-state index is 12.0. The number of hydrogen-bond acceptors (Lipinski definition) is 5. The number of benzene rings is 1. The molecule has 21 heavy (non-hydrogen) atoms. The molecule has 0 radical (unpaired) electrons. The lowest BCUT2D eigenvalue weighted by Gasteiger charge is -2.11. The third-order valence-electron chi connectivity index (χ3n) is 2.91. The maximum Gasteiger partial charge on any atom is 0.247 e. The van der Waals surface area contributed by atoms with Crippen molar-refractivity contribution in [2.45, 2.75) is 19.8 Å². The molecule has 1 heterocycles. The molecule has 0 aliphatic carbocycles. The highest BCUT2D eigenvalue weighted by atomic mass is 35.5. The highest BCUT2D eigenvalue weighted by molar-refractivity contribution is 7.92. The summed E-state index contributed by atoms with van der Waals surface area (Å²) in [6.45, 7) is 1.83. The molecule has 0 saturated carbocycles. The minimum Gasteiger partial charge on any atom is -0.423 e. The van der Waals surface area contributed by atoms with Crippen LogP contribution in [0.3, 0.4) is 0 Å². The van der Waals surface area contributed by atoms with Gasteiger partial charge in [0.1, 0.15) is 0 Å². The number of alkyl halides is 1. The van der Waals surface area contributed by atoms with E-state index in [-0.39, 0.29) is 5.75 Å². The van der Waals surface area contributed by atoms with Crippen LogP contribution in [0.1, 0.15) is 18.4 Å². The zero-order chi connectivity index (χ0) is 15.3. The summed E-state index contributed by atoms with van der Waals surface area (Å²) in [7, 11) is -3.39. The van der Waals surface area contributed by atoms with E-state index in [4.69, 9.17) is 16.0 Å². The number of rotatable bonds is 7. The summed E-state index contributed by atoms with van der Waals surface area (Å²) in [4.78, 5) is 0. The average molecular weight is 330 g/mol. The van der Waals surface area contributed by atoms with Crippen molar-refractivity contribution in [3.63, 3.8) is 0 Å². The van der Waals surface area contributed by atoms with Crippen LogP contribution < -0.4 is 4.72 Å². The second kappa shape index (κ2) is 6.91. The third kappa shape index (κ3) is 4.44. The fourth-order valence-corrected chi connectivity index (χ4v) is 3.20. The van der Waals surface area contributed by atoms with Gasteiger partial charge in [-0.3, -0.25) is 4.72 Å². The molecule has 1 aromatic carbocycles. The van der Waals surface area contributed by atoms with Gasteiger partial charge in [-0.05, 0) is 37.5 Å². The van der Waals surface area contributed by atoms with Gasteiger partial charge >= 0.3 is 0 Å². The molecule has 2 aromatic rings. The topological polar surface area (TPSA) is 85.1 Å². The van der Waals surface area contributed by atoms with Crippen LogP contribution in [0.25, 0.3) is 11.5 Å². The predicted molar refractivity (Wildman–Crippen MR) is 81.8 cm³/mol. The molecule has 0 spiro atoms. The van der Waals surface area contributed by atoms with Gasteiger partial charge in [-0.2, -0.15) is 0 Å². The lowest BCUT2D eigenvalue weighted by atomic mass is 10.1. The van der Waals surface area contributed by atoms with Crippen molar-refractivity contribution in [2.24, 2.45) is 0 Å². The quantitative estimate of drug-likeness (QED) is 0.623. The monoisotopic (exact) mass is 329 g/mol. The first-order chi connectivity index (χ1) is 10.0. The Hall–Kier alpha value is -1.60. The zero-order valence-corrected chi connectivity index (χ0v) is 13.1. The van der Waals surface area contributed by atoms with E-state index in [9.17, 15) is 8.42 Å². The lowest BCUT2D eigenvalue weighted by molar-refractivity contribution is 0.568. The molecule has 0 amide bonds. The Bertz CT molecular complexity index is 687. The number of nitrogens with one attached hydrogen (secondary N) is 1. The molecule has 114 valence electrons. The first kappa shape index (κ1) is 15.8. The second-order valence-electron chi connectivity index (χ2n) is 4.59. The van der Waals surface area contributed by atoms with Crippen molar-refractivity contribution < 1.29 is 12.8 Å². The van der Waals surface area contributed by atoms with Gasteiger partial charge in [0.15, 0.2) is 0 Å². The number of aromatic nitrogens is 2. The molecule has 0 atom stereocenters. The van der Waals surface area contributed by atoms with E-state index in [1.165, 1.54) is 6.39 Å². The molecule has 0 bridgehead atoms. The Balaban J connectivity index is 2.18. The maximum atomic E-state index is 12.0. The van der Waals surface area contributed by atoms with Crippen molar-refractivity contribution in [2.75, 3.05) is 16.4 Å². The van der Waals surface area contributed by atoms with E-state index >= 15 is 0 Å². The molecule has 0 fully saturated rings. The molecule has 8 heteroatoms. The van der Waals surface area contributed by atoms with Gasteiger partial charge in [-0.15, -0.1) is 21.8 Å². The fraction of sp³-hybridized carbons (Fsp3) is 0.385. The smallest absolute Gasteiger partial charge is 0.247 e. The number of hydrogen-bond donors (Lipinski definition) is 1. The average Bonchev–Trinajstić information content (AvgIpc) is 2.95. The summed E-state index contributed by atoms with van der Waals surface area (Å²) in [5.74, 6) is 0.850. The summed E-state index contributed by atoms with van der Waals surface area (Å²) >= 11 is 5.56. The Kier molecular flexibility index (Phi) is 5.19. The van der Waals surface area contributed by atoms with E-state index in [1.807, 2.05) is 6.92 Å². The minimum atomic E-state index is -3.39. The molecule has 0 saturated heterocycles. The van der Waals surface area contributed by atoms with Crippen LogP contribution >= 0.6 is 11.6 Å². The van der Waals surface area contributed by atoms with Crippen LogP contribution in [0.2, 0.25) is 0 Å². The summed E-state index contributed by atoms with van der Waals surface area (Å²) in [5, 5.41) is 7.41. The first-order valence-corrected chi connectivity index (χ1v) is 8.64. The molecule has 6 nitrogen and oxygen atoms in total. The highest BCUT2D eigenvalue weighted by Crippen LogP contribution is 2.24. The predicted octanol–water partition coefficient (Wildman–Crippen LogP) is 2.81. The van der Waals surface area contributed by atoms with Crippen molar-refractivity contribution in [1.82, 2.24) is 10.2 Å². The summed E-state index contributed by atoms with van der Waals surface area (Å²) in [5.41, 5.74) is 1.99. The van der Waals surface area contributed by atoms with Gasteiger partial charge in [-0.25, -0.2) is 8.42 Å². The zero-order valence-electron chi connectivity index (χ0n) is 11.5. The van der Waals surface area contributed by atoms with Crippen LogP contribution in [0, 0.1) is 6.92 Å². The molecule has 2 rings (SSSR count). The van der Waals surface area contributed by atoms with E-state index in [0.29, 0.717) is 35.9 Å². The number of aryl methyl sites for hydroxylation is 1. The summed E-state index contributed by atoms with van der Waals surface area (Å²) in [6.07, 6.45) is 2.43. The molecule has 1 aromatic heterocycles. The fourth-order valence-electron chi connectivity index (χ4n) is 1.77. The lowest BCUT2D eigenvalue weighted by Crippen LogP contribution is -2.17. The van der Waals surface area contributed by atoms with Crippen LogP contribution in [0.15, 0.2) is 29.0 Å². The third-order valence-corrected chi connectivity index (χ3v) is 4.53. The normalized spacial score (nSPS) is 11.5. The largest absolute Gasteiger partial charge is 0.423 e. The standard InChI is InChI=1S/C13H16ClN3O3S/c1-10-4-5-11(13-16-15-9-20-13)8-12(10)17-21(18,19)7-3-2-6-14/h4-5,8-9,17H,2-3,6-7H2,1H3. The van der Waals surface area contributed by atoms with E-state index in [1.54, 1.807) is 18.2 Å². The number of unbranched alkanes of at least 4 members (excludes halogenated alkanes) is 1. The first-order valence-electron chi connectivity index (χ1n) is 6.45. The Morgan fingerprint density at radius 2 is 2.14 bits per heavy atom. The number of nitrogens with zero attached hydrogens (tertiary/aromatic N) is 2. The highest BCUT2D eigenvalue weighted by Gasteiger charge is 2.13. The van der Waals surface area contributed by atoms with E-state index in [2.05, 4.69) is 14.9 Å². The van der Waals surface area contributed by atoms with E-state index in [0.717, 1.165) is 5.56 Å². The van der Waals surface area contributed by atoms with Gasteiger partial charge in [0, 0.05) is 11.4 Å². The second-order valence-corrected chi connectivity index (χ2v) is 6.81. The van der Waals surface area contributed by atoms with Crippen molar-refractivity contribution in [3.8, 4) is 11.5 Å². The molecule has 0 aliphatic rings. The van der Waals surface area contributed by atoms with Gasteiger partial charge in [0.2, 0.25) is 22.3 Å². The summed E-state index contributed by atoms with van der Waals surface area (Å²) < 4.78 is 31.7. The Morgan fingerprint density at radius 1 is 1.33 bits per heavy atom. The van der Waals surface area contributed by atoms with Crippen LogP contribution in [0.5, 0.6) is 0 Å². The molecular weight excluding hydrogens is 314 g/mol. The molecular formula is C13H16ClN3O3S. The van der Waals surface area contributed by atoms with Crippen LogP contribution in [0.4, 0.5) is 5.69 Å². The van der Waals surface area contributed by atoms with Gasteiger partial charge in [0.05, 0.1) is 11.4 Å².